The summed E-state index contributed by atoms with van der Waals surface area (Å²) in [5.74, 6) is 0. The van der Waals surface area contributed by atoms with E-state index in [1.165, 1.54) is 0 Å². The lowest BCUT2D eigenvalue weighted by atomic mass is 9.94. The van der Waals surface area contributed by atoms with Crippen LogP contribution in [0, 0.1) is 0 Å². The topological polar surface area (TPSA) is 55.5 Å². The third-order valence-corrected chi connectivity index (χ3v) is 2.29. The molecular weight excluding hydrogens is 154 g/mol. The Morgan fingerprint density at radius 1 is 1.42 bits per heavy atom. The molecule has 0 aromatic heterocycles. The van der Waals surface area contributed by atoms with Gasteiger partial charge in [-0.05, 0) is 32.6 Å². The molecule has 72 valence electrons. The number of ether oxygens (including phenoxy) is 1. The van der Waals surface area contributed by atoms with Crippen molar-refractivity contribution in [3.8, 4) is 0 Å². The van der Waals surface area contributed by atoms with Crippen LogP contribution in [0.4, 0.5) is 0 Å². The van der Waals surface area contributed by atoms with Crippen molar-refractivity contribution in [1.29, 1.82) is 0 Å². The van der Waals surface area contributed by atoms with Crippen LogP contribution in [0.1, 0.15) is 32.6 Å². The van der Waals surface area contributed by atoms with Gasteiger partial charge < -0.3 is 15.6 Å². The van der Waals surface area contributed by atoms with Crippen molar-refractivity contribution in [1.82, 2.24) is 0 Å². The standard InChI is InChI=1S/C9H19NO2/c1-7(11)6-12-9-4-2-8(10)3-5-9/h7-9,11H,2-6,10H2,1H3. The quantitative estimate of drug-likeness (QED) is 0.659. The summed E-state index contributed by atoms with van der Waals surface area (Å²) < 4.78 is 5.49. The van der Waals surface area contributed by atoms with Gasteiger partial charge in [0.25, 0.3) is 0 Å². The normalized spacial score (nSPS) is 33.2. The molecule has 0 bridgehead atoms. The van der Waals surface area contributed by atoms with Gasteiger partial charge in [-0.15, -0.1) is 0 Å². The van der Waals surface area contributed by atoms with E-state index in [0.717, 1.165) is 25.7 Å². The van der Waals surface area contributed by atoms with Crippen LogP contribution in [0.25, 0.3) is 0 Å². The molecule has 1 aliphatic rings. The van der Waals surface area contributed by atoms with E-state index in [1.807, 2.05) is 0 Å². The van der Waals surface area contributed by atoms with Gasteiger partial charge in [-0.1, -0.05) is 0 Å². The second kappa shape index (κ2) is 4.80. The highest BCUT2D eigenvalue weighted by atomic mass is 16.5. The number of nitrogens with two attached hydrogens (primary N) is 1. The lowest BCUT2D eigenvalue weighted by molar-refractivity contribution is -0.0198. The first-order valence-corrected chi connectivity index (χ1v) is 4.73. The van der Waals surface area contributed by atoms with E-state index >= 15 is 0 Å². The second-order valence-corrected chi connectivity index (χ2v) is 3.72. The molecule has 0 spiro atoms. The van der Waals surface area contributed by atoms with Gasteiger partial charge in [0.15, 0.2) is 0 Å². The Labute approximate surface area is 73.9 Å². The minimum absolute atomic E-state index is 0.333. The Kier molecular flexibility index (Phi) is 3.98. The summed E-state index contributed by atoms with van der Waals surface area (Å²) in [6.07, 6.45) is 4.21. The van der Waals surface area contributed by atoms with E-state index in [0.29, 0.717) is 18.8 Å². The molecule has 1 atom stereocenters. The highest BCUT2D eigenvalue weighted by Crippen LogP contribution is 2.19. The zero-order valence-corrected chi connectivity index (χ0v) is 7.70. The minimum atomic E-state index is -0.347. The van der Waals surface area contributed by atoms with Crippen LogP contribution in [0.3, 0.4) is 0 Å². The average Bonchev–Trinajstić information content (AvgIpc) is 2.03. The van der Waals surface area contributed by atoms with Crippen molar-refractivity contribution < 1.29 is 9.84 Å². The Balaban J connectivity index is 2.09. The van der Waals surface area contributed by atoms with Crippen LogP contribution in [0.15, 0.2) is 0 Å². The maximum atomic E-state index is 8.99. The molecule has 3 heteroatoms. The predicted molar refractivity (Wildman–Crippen MR) is 47.9 cm³/mol. The summed E-state index contributed by atoms with van der Waals surface area (Å²) in [5.41, 5.74) is 5.75. The van der Waals surface area contributed by atoms with E-state index in [2.05, 4.69) is 0 Å². The number of aliphatic hydroxyl groups excluding tert-OH is 1. The Bertz CT molecular complexity index is 120. The molecule has 3 N–H and O–H groups in total. The maximum absolute atomic E-state index is 8.99. The largest absolute Gasteiger partial charge is 0.391 e. The van der Waals surface area contributed by atoms with Crippen LogP contribution in [0.2, 0.25) is 0 Å². The first-order valence-electron chi connectivity index (χ1n) is 4.73. The van der Waals surface area contributed by atoms with E-state index in [-0.39, 0.29) is 6.10 Å². The minimum Gasteiger partial charge on any atom is -0.391 e. The Morgan fingerprint density at radius 3 is 2.50 bits per heavy atom. The fourth-order valence-corrected chi connectivity index (χ4v) is 1.53. The first-order chi connectivity index (χ1) is 5.68. The van der Waals surface area contributed by atoms with Gasteiger partial charge in [0, 0.05) is 6.04 Å². The monoisotopic (exact) mass is 173 g/mol. The lowest BCUT2D eigenvalue weighted by Crippen LogP contribution is -2.31. The van der Waals surface area contributed by atoms with Crippen molar-refractivity contribution in [2.75, 3.05) is 6.61 Å². The lowest BCUT2D eigenvalue weighted by Gasteiger charge is -2.26. The fraction of sp³-hybridized carbons (Fsp3) is 1.00. The molecular formula is C9H19NO2. The number of hydrogen-bond acceptors (Lipinski definition) is 3. The van der Waals surface area contributed by atoms with Crippen LogP contribution in [0.5, 0.6) is 0 Å². The van der Waals surface area contributed by atoms with Crippen molar-refractivity contribution in [2.45, 2.75) is 50.9 Å². The third-order valence-electron chi connectivity index (χ3n) is 2.29. The Hall–Kier alpha value is -0.120. The predicted octanol–water partition coefficient (Wildman–Crippen LogP) is 0.654. The van der Waals surface area contributed by atoms with Crippen LogP contribution in [-0.2, 0) is 4.74 Å². The summed E-state index contributed by atoms with van der Waals surface area (Å²) in [5, 5.41) is 8.99. The van der Waals surface area contributed by atoms with Gasteiger partial charge in [-0.3, -0.25) is 0 Å². The summed E-state index contributed by atoms with van der Waals surface area (Å²) in [7, 11) is 0. The van der Waals surface area contributed by atoms with Gasteiger partial charge in [0.05, 0.1) is 18.8 Å². The fourth-order valence-electron chi connectivity index (χ4n) is 1.53. The molecule has 3 nitrogen and oxygen atoms in total. The van der Waals surface area contributed by atoms with Gasteiger partial charge >= 0.3 is 0 Å². The van der Waals surface area contributed by atoms with E-state index < -0.39 is 0 Å². The van der Waals surface area contributed by atoms with Crippen molar-refractivity contribution >= 4 is 0 Å². The number of hydrogen-bond donors (Lipinski definition) is 2. The summed E-state index contributed by atoms with van der Waals surface area (Å²) in [4.78, 5) is 0. The van der Waals surface area contributed by atoms with Crippen LogP contribution >= 0.6 is 0 Å². The molecule has 0 aliphatic heterocycles. The van der Waals surface area contributed by atoms with Crippen LogP contribution < -0.4 is 5.73 Å². The number of aliphatic hydroxyl groups is 1. The molecule has 0 saturated heterocycles. The van der Waals surface area contributed by atoms with Gasteiger partial charge in [0.2, 0.25) is 0 Å². The van der Waals surface area contributed by atoms with Gasteiger partial charge in [0.1, 0.15) is 0 Å². The van der Waals surface area contributed by atoms with E-state index in [9.17, 15) is 0 Å². The smallest absolute Gasteiger partial charge is 0.0745 e. The van der Waals surface area contributed by atoms with Crippen molar-refractivity contribution in [2.24, 2.45) is 5.73 Å². The number of rotatable bonds is 3. The highest BCUT2D eigenvalue weighted by molar-refractivity contribution is 4.74. The molecule has 1 aliphatic carbocycles. The molecule has 0 aromatic carbocycles. The average molecular weight is 173 g/mol. The molecule has 0 aromatic rings. The van der Waals surface area contributed by atoms with Crippen molar-refractivity contribution in [3.05, 3.63) is 0 Å². The van der Waals surface area contributed by atoms with Gasteiger partial charge in [-0.25, -0.2) is 0 Å². The summed E-state index contributed by atoms with van der Waals surface area (Å²) in [6.45, 7) is 2.20. The zero-order valence-electron chi connectivity index (χ0n) is 7.70. The highest BCUT2D eigenvalue weighted by Gasteiger charge is 2.18. The molecule has 1 fully saturated rings. The summed E-state index contributed by atoms with van der Waals surface area (Å²) in [6, 6.07) is 0.372. The van der Waals surface area contributed by atoms with E-state index in [4.69, 9.17) is 15.6 Å². The SMILES string of the molecule is CC(O)COC1CCC(N)CC1. The molecule has 0 heterocycles. The zero-order chi connectivity index (χ0) is 8.97. The summed E-state index contributed by atoms with van der Waals surface area (Å²) >= 11 is 0. The molecule has 1 rings (SSSR count). The molecule has 12 heavy (non-hydrogen) atoms. The molecule has 0 amide bonds. The molecule has 1 unspecified atom stereocenters. The van der Waals surface area contributed by atoms with Gasteiger partial charge in [-0.2, -0.15) is 0 Å². The first kappa shape index (κ1) is 9.96. The third kappa shape index (κ3) is 3.52. The molecule has 1 saturated carbocycles. The maximum Gasteiger partial charge on any atom is 0.0745 e. The second-order valence-electron chi connectivity index (χ2n) is 3.72. The molecule has 0 radical (unpaired) electrons. The van der Waals surface area contributed by atoms with E-state index in [1.54, 1.807) is 6.92 Å². The van der Waals surface area contributed by atoms with Crippen molar-refractivity contribution in [3.63, 3.8) is 0 Å². The van der Waals surface area contributed by atoms with Crippen LogP contribution in [-0.4, -0.2) is 30.0 Å². The Morgan fingerprint density at radius 2 is 2.00 bits per heavy atom.